The van der Waals surface area contributed by atoms with Crippen LogP contribution in [0, 0.1) is 0 Å². The van der Waals surface area contributed by atoms with Crippen LogP contribution in [0.4, 0.5) is 0 Å². The highest BCUT2D eigenvalue weighted by Gasteiger charge is 2.05. The van der Waals surface area contributed by atoms with Crippen molar-refractivity contribution >= 4 is 23.2 Å². The Morgan fingerprint density at radius 1 is 1.21 bits per heavy atom. The molecule has 0 unspecified atom stereocenters. The minimum atomic E-state index is -0.121. The number of carbonyl (C=O) groups is 1. The van der Waals surface area contributed by atoms with Crippen molar-refractivity contribution in [3.8, 4) is 0 Å². The minimum absolute atomic E-state index is 0.121. The molecular weight excluding hydrogens is 198 g/mol. The molecule has 0 saturated carbocycles. The van der Waals surface area contributed by atoms with Crippen LogP contribution in [0.15, 0.2) is 35.4 Å². The summed E-state index contributed by atoms with van der Waals surface area (Å²) in [6, 6.07) is 9.51. The first-order chi connectivity index (χ1) is 6.61. The average Bonchev–Trinajstić information content (AvgIpc) is 2.15. The van der Waals surface area contributed by atoms with Gasteiger partial charge in [0.2, 0.25) is 5.91 Å². The summed E-state index contributed by atoms with van der Waals surface area (Å²) < 4.78 is 0. The van der Waals surface area contributed by atoms with Gasteiger partial charge in [-0.25, -0.2) is 0 Å². The Labute approximate surface area is 88.6 Å². The molecule has 0 atom stereocenters. The Kier molecular flexibility index (Phi) is 3.72. The Bertz CT molecular complexity index is 353. The van der Waals surface area contributed by atoms with Crippen molar-refractivity contribution in [1.29, 1.82) is 0 Å². The van der Waals surface area contributed by atoms with E-state index in [1.54, 1.807) is 6.92 Å². The maximum Gasteiger partial charge on any atom is 0.221 e. The summed E-state index contributed by atoms with van der Waals surface area (Å²) in [5.41, 5.74) is 1.58. The van der Waals surface area contributed by atoms with Crippen LogP contribution in [0.3, 0.4) is 0 Å². The van der Waals surface area contributed by atoms with Gasteiger partial charge in [0.15, 0.2) is 0 Å². The Morgan fingerprint density at radius 3 is 2.21 bits per heavy atom. The second-order valence-corrected chi connectivity index (χ2v) is 3.52. The molecule has 14 heavy (non-hydrogen) atoms. The van der Waals surface area contributed by atoms with E-state index in [2.05, 4.69) is 5.32 Å². The van der Waals surface area contributed by atoms with Gasteiger partial charge in [-0.2, -0.15) is 0 Å². The third kappa shape index (κ3) is 2.89. The molecule has 1 rings (SSSR count). The number of halogens is 1. The number of amides is 1. The topological polar surface area (TPSA) is 29.1 Å². The minimum Gasteiger partial charge on any atom is -0.325 e. The first-order valence-corrected chi connectivity index (χ1v) is 4.68. The zero-order valence-electron chi connectivity index (χ0n) is 8.17. The summed E-state index contributed by atoms with van der Waals surface area (Å²) in [6.07, 6.45) is 0. The molecule has 74 valence electrons. The van der Waals surface area contributed by atoms with Gasteiger partial charge in [0.25, 0.3) is 0 Å². The van der Waals surface area contributed by atoms with Gasteiger partial charge >= 0.3 is 0 Å². The summed E-state index contributed by atoms with van der Waals surface area (Å²) in [7, 11) is 0. The van der Waals surface area contributed by atoms with E-state index < -0.39 is 0 Å². The zero-order valence-corrected chi connectivity index (χ0v) is 8.93. The van der Waals surface area contributed by atoms with Gasteiger partial charge in [0, 0.05) is 12.0 Å². The second-order valence-electron chi connectivity index (χ2n) is 2.96. The summed E-state index contributed by atoms with van der Waals surface area (Å²) >= 11 is 5.89. The normalized spacial score (nSPS) is 11.9. The average molecular weight is 210 g/mol. The molecule has 1 aromatic carbocycles. The van der Waals surface area contributed by atoms with E-state index in [1.807, 2.05) is 30.3 Å². The molecule has 0 bridgehead atoms. The van der Waals surface area contributed by atoms with Gasteiger partial charge in [-0.15, -0.1) is 0 Å². The second kappa shape index (κ2) is 4.82. The fourth-order valence-corrected chi connectivity index (χ4v) is 1.29. The lowest BCUT2D eigenvalue weighted by molar-refractivity contribution is -0.117. The van der Waals surface area contributed by atoms with E-state index in [4.69, 9.17) is 11.6 Å². The molecule has 2 nitrogen and oxygen atoms in total. The van der Waals surface area contributed by atoms with Crippen molar-refractivity contribution in [2.24, 2.45) is 0 Å². The van der Waals surface area contributed by atoms with E-state index in [9.17, 15) is 4.79 Å². The molecule has 0 aliphatic rings. The molecule has 1 amide bonds. The highest BCUT2D eigenvalue weighted by atomic mass is 35.5. The highest BCUT2D eigenvalue weighted by molar-refractivity contribution is 6.32. The quantitative estimate of drug-likeness (QED) is 0.798. The third-order valence-corrected chi connectivity index (χ3v) is 1.90. The molecule has 0 radical (unpaired) electrons. The first kappa shape index (κ1) is 10.8. The molecule has 1 aromatic rings. The van der Waals surface area contributed by atoms with Crippen LogP contribution in [0.1, 0.15) is 19.4 Å². The number of rotatable bonds is 2. The lowest BCUT2D eigenvalue weighted by Crippen LogP contribution is -2.18. The van der Waals surface area contributed by atoms with Crippen molar-refractivity contribution in [3.05, 3.63) is 40.9 Å². The summed E-state index contributed by atoms with van der Waals surface area (Å²) in [5, 5.41) is 3.28. The Morgan fingerprint density at radius 2 is 1.79 bits per heavy atom. The van der Waals surface area contributed by atoms with E-state index in [1.165, 1.54) is 6.92 Å². The molecule has 0 spiro atoms. The van der Waals surface area contributed by atoms with E-state index in [-0.39, 0.29) is 5.91 Å². The molecule has 0 saturated heterocycles. The van der Waals surface area contributed by atoms with Crippen LogP contribution in [-0.2, 0) is 4.79 Å². The maximum atomic E-state index is 10.9. The van der Waals surface area contributed by atoms with Crippen molar-refractivity contribution < 1.29 is 4.79 Å². The molecule has 0 fully saturated rings. The highest BCUT2D eigenvalue weighted by Crippen LogP contribution is 2.17. The van der Waals surface area contributed by atoms with Gasteiger partial charge < -0.3 is 5.32 Å². The van der Waals surface area contributed by atoms with Gasteiger partial charge in [-0.1, -0.05) is 41.9 Å². The lowest BCUT2D eigenvalue weighted by Gasteiger charge is -2.09. The standard InChI is InChI=1S/C11H12ClNO/c1-8(12)11(13-9(2)14)10-6-4-3-5-7-10/h3-7H,1-2H3,(H,13,14)/b11-8-. The van der Waals surface area contributed by atoms with Gasteiger partial charge in [0.05, 0.1) is 5.70 Å². The van der Waals surface area contributed by atoms with Crippen LogP contribution in [-0.4, -0.2) is 5.91 Å². The van der Waals surface area contributed by atoms with E-state index >= 15 is 0 Å². The van der Waals surface area contributed by atoms with Crippen LogP contribution >= 0.6 is 11.6 Å². The number of benzene rings is 1. The summed E-state index contributed by atoms with van der Waals surface area (Å²) in [6.45, 7) is 3.21. The zero-order chi connectivity index (χ0) is 10.6. The number of hydrogen-bond donors (Lipinski definition) is 1. The SMILES string of the molecule is CC(=O)N/C(=C(/C)Cl)c1ccccc1. The van der Waals surface area contributed by atoms with Crippen LogP contribution in [0.2, 0.25) is 0 Å². The molecule has 0 aromatic heterocycles. The van der Waals surface area contributed by atoms with Crippen molar-refractivity contribution in [1.82, 2.24) is 5.32 Å². The van der Waals surface area contributed by atoms with Gasteiger partial charge in [-0.3, -0.25) is 4.79 Å². The fourth-order valence-electron chi connectivity index (χ4n) is 1.14. The summed E-state index contributed by atoms with van der Waals surface area (Å²) in [5.74, 6) is -0.121. The number of allylic oxidation sites excluding steroid dienone is 1. The van der Waals surface area contributed by atoms with Crippen molar-refractivity contribution in [2.45, 2.75) is 13.8 Å². The molecule has 3 heteroatoms. The smallest absolute Gasteiger partial charge is 0.221 e. The van der Waals surface area contributed by atoms with Gasteiger partial charge in [0.1, 0.15) is 0 Å². The first-order valence-electron chi connectivity index (χ1n) is 4.30. The van der Waals surface area contributed by atoms with E-state index in [0.717, 1.165) is 5.56 Å². The Hall–Kier alpha value is -1.28. The molecule has 1 N–H and O–H groups in total. The number of hydrogen-bond acceptors (Lipinski definition) is 1. The predicted molar refractivity (Wildman–Crippen MR) is 58.7 cm³/mol. The molecule has 0 aliphatic carbocycles. The predicted octanol–water partition coefficient (Wildman–Crippen LogP) is 2.75. The fraction of sp³-hybridized carbons (Fsp3) is 0.182. The summed E-state index contributed by atoms with van der Waals surface area (Å²) in [4.78, 5) is 10.9. The molecule has 0 aliphatic heterocycles. The maximum absolute atomic E-state index is 10.9. The van der Waals surface area contributed by atoms with Crippen molar-refractivity contribution in [3.63, 3.8) is 0 Å². The van der Waals surface area contributed by atoms with Crippen LogP contribution in [0.25, 0.3) is 5.70 Å². The van der Waals surface area contributed by atoms with Gasteiger partial charge in [-0.05, 0) is 12.5 Å². The van der Waals surface area contributed by atoms with E-state index in [0.29, 0.717) is 10.7 Å². The van der Waals surface area contributed by atoms with Crippen molar-refractivity contribution in [2.75, 3.05) is 0 Å². The monoisotopic (exact) mass is 209 g/mol. The Balaban J connectivity index is 3.03. The molecular formula is C11H12ClNO. The van der Waals surface area contributed by atoms with Crippen LogP contribution < -0.4 is 5.32 Å². The largest absolute Gasteiger partial charge is 0.325 e. The lowest BCUT2D eigenvalue weighted by atomic mass is 10.1. The number of carbonyl (C=O) groups excluding carboxylic acids is 1. The third-order valence-electron chi connectivity index (χ3n) is 1.71. The van der Waals surface area contributed by atoms with Crippen LogP contribution in [0.5, 0.6) is 0 Å². The molecule has 0 heterocycles. The number of nitrogens with one attached hydrogen (secondary N) is 1.